The quantitative estimate of drug-likeness (QED) is 0.613. The number of fused-ring (bicyclic) bond motifs is 1. The van der Waals surface area contributed by atoms with Crippen LogP contribution in [0.5, 0.6) is 0 Å². The SMILES string of the molecule is O=C(NCC(O)CN1CCc2ccccc2C1)c1cc(Cl)cc(NC2CCOCC2)c1. The van der Waals surface area contributed by atoms with E-state index >= 15 is 0 Å². The number of hydrogen-bond donors (Lipinski definition) is 3. The molecule has 2 aliphatic rings. The summed E-state index contributed by atoms with van der Waals surface area (Å²) < 4.78 is 5.39. The minimum Gasteiger partial charge on any atom is -0.390 e. The molecule has 2 heterocycles. The average molecular weight is 444 g/mol. The lowest BCUT2D eigenvalue weighted by molar-refractivity contribution is 0.0841. The average Bonchev–Trinajstić information content (AvgIpc) is 2.77. The molecule has 0 radical (unpaired) electrons. The minimum atomic E-state index is -0.631. The summed E-state index contributed by atoms with van der Waals surface area (Å²) in [6.45, 7) is 3.96. The predicted molar refractivity (Wildman–Crippen MR) is 123 cm³/mol. The molecule has 31 heavy (non-hydrogen) atoms. The van der Waals surface area contributed by atoms with Crippen molar-refractivity contribution in [2.24, 2.45) is 0 Å². The fourth-order valence-corrected chi connectivity index (χ4v) is 4.50. The van der Waals surface area contributed by atoms with Crippen molar-refractivity contribution in [1.82, 2.24) is 10.2 Å². The maximum Gasteiger partial charge on any atom is 0.251 e. The molecule has 6 nitrogen and oxygen atoms in total. The van der Waals surface area contributed by atoms with Crippen LogP contribution in [0, 0.1) is 0 Å². The lowest BCUT2D eigenvalue weighted by Crippen LogP contribution is -2.42. The monoisotopic (exact) mass is 443 g/mol. The van der Waals surface area contributed by atoms with E-state index in [1.54, 1.807) is 6.07 Å². The Labute approximate surface area is 188 Å². The second-order valence-corrected chi connectivity index (χ2v) is 8.81. The van der Waals surface area contributed by atoms with Crippen molar-refractivity contribution in [3.63, 3.8) is 0 Å². The van der Waals surface area contributed by atoms with Gasteiger partial charge >= 0.3 is 0 Å². The number of carbonyl (C=O) groups excluding carboxylic acids is 1. The number of anilines is 1. The van der Waals surface area contributed by atoms with Crippen LogP contribution in [0.4, 0.5) is 5.69 Å². The van der Waals surface area contributed by atoms with Gasteiger partial charge in [-0.05, 0) is 48.6 Å². The van der Waals surface area contributed by atoms with Crippen LogP contribution in [-0.2, 0) is 17.7 Å². The third-order valence-electron chi connectivity index (χ3n) is 5.93. The van der Waals surface area contributed by atoms with E-state index in [1.165, 1.54) is 11.1 Å². The summed E-state index contributed by atoms with van der Waals surface area (Å²) in [5.41, 5.74) is 4.01. The smallest absolute Gasteiger partial charge is 0.251 e. The molecule has 0 aliphatic carbocycles. The topological polar surface area (TPSA) is 73.8 Å². The highest BCUT2D eigenvalue weighted by molar-refractivity contribution is 6.31. The van der Waals surface area contributed by atoms with Gasteiger partial charge in [-0.25, -0.2) is 0 Å². The minimum absolute atomic E-state index is 0.201. The standard InChI is InChI=1S/C24H30ClN3O3/c25-20-11-19(12-22(13-20)27-21-6-9-31-10-7-21)24(30)26-14-23(29)16-28-8-5-17-3-1-2-4-18(17)15-28/h1-4,11-13,21,23,27,29H,5-10,14-16H2,(H,26,30). The number of nitrogens with one attached hydrogen (secondary N) is 2. The summed E-state index contributed by atoms with van der Waals surface area (Å²) in [4.78, 5) is 14.9. The van der Waals surface area contributed by atoms with Crippen LogP contribution >= 0.6 is 11.6 Å². The van der Waals surface area contributed by atoms with Gasteiger partial charge in [-0.15, -0.1) is 0 Å². The molecule has 1 unspecified atom stereocenters. The molecule has 0 spiro atoms. The Kier molecular flexibility index (Phi) is 7.45. The molecular weight excluding hydrogens is 414 g/mol. The highest BCUT2D eigenvalue weighted by Crippen LogP contribution is 2.22. The summed E-state index contributed by atoms with van der Waals surface area (Å²) in [7, 11) is 0. The summed E-state index contributed by atoms with van der Waals surface area (Å²) in [5.74, 6) is -0.236. The van der Waals surface area contributed by atoms with Gasteiger partial charge in [0.2, 0.25) is 0 Å². The molecule has 7 heteroatoms. The van der Waals surface area contributed by atoms with Gasteiger partial charge in [0.1, 0.15) is 0 Å². The molecule has 2 aliphatic heterocycles. The maximum atomic E-state index is 12.7. The predicted octanol–water partition coefficient (Wildman–Crippen LogP) is 3.08. The maximum absolute atomic E-state index is 12.7. The van der Waals surface area contributed by atoms with Crippen molar-refractivity contribution in [3.8, 4) is 0 Å². The number of β-amino-alcohol motifs (C(OH)–C–C–N with tert-alkyl or cyclic N) is 1. The van der Waals surface area contributed by atoms with E-state index in [9.17, 15) is 9.90 Å². The first-order chi connectivity index (χ1) is 15.1. The van der Waals surface area contributed by atoms with Gasteiger partial charge in [0, 0.05) is 61.7 Å². The molecule has 0 bridgehead atoms. The number of ether oxygens (including phenoxy) is 1. The molecule has 3 N–H and O–H groups in total. The second kappa shape index (κ2) is 10.5. The van der Waals surface area contributed by atoms with E-state index in [-0.39, 0.29) is 12.5 Å². The largest absolute Gasteiger partial charge is 0.390 e. The number of rotatable bonds is 7. The second-order valence-electron chi connectivity index (χ2n) is 8.38. The number of halogens is 1. The van der Waals surface area contributed by atoms with Crippen LogP contribution in [0.1, 0.15) is 34.3 Å². The molecule has 1 atom stereocenters. The van der Waals surface area contributed by atoms with Crippen LogP contribution in [0.15, 0.2) is 42.5 Å². The van der Waals surface area contributed by atoms with Crippen molar-refractivity contribution in [1.29, 1.82) is 0 Å². The van der Waals surface area contributed by atoms with Crippen molar-refractivity contribution in [3.05, 3.63) is 64.2 Å². The number of hydrogen-bond acceptors (Lipinski definition) is 5. The number of carbonyl (C=O) groups is 1. The van der Waals surface area contributed by atoms with Crippen LogP contribution < -0.4 is 10.6 Å². The van der Waals surface area contributed by atoms with E-state index in [2.05, 4.69) is 39.8 Å². The molecule has 1 saturated heterocycles. The van der Waals surface area contributed by atoms with Crippen molar-refractivity contribution < 1.29 is 14.6 Å². The lowest BCUT2D eigenvalue weighted by Gasteiger charge is -2.30. The molecule has 2 aromatic rings. The van der Waals surface area contributed by atoms with Gasteiger partial charge in [-0.1, -0.05) is 35.9 Å². The normalized spacial score (nSPS) is 18.3. The summed E-state index contributed by atoms with van der Waals surface area (Å²) in [6, 6.07) is 14.0. The third-order valence-corrected chi connectivity index (χ3v) is 6.15. The first-order valence-corrected chi connectivity index (χ1v) is 11.3. The Morgan fingerprint density at radius 3 is 2.77 bits per heavy atom. The van der Waals surface area contributed by atoms with Crippen molar-refractivity contribution in [2.45, 2.75) is 38.0 Å². The molecule has 0 saturated carbocycles. The van der Waals surface area contributed by atoms with E-state index in [1.807, 2.05) is 12.1 Å². The highest BCUT2D eigenvalue weighted by atomic mass is 35.5. The van der Waals surface area contributed by atoms with E-state index in [0.717, 1.165) is 51.3 Å². The molecule has 4 rings (SSSR count). The fraction of sp³-hybridized carbons (Fsp3) is 0.458. The first kappa shape index (κ1) is 22.1. The zero-order valence-corrected chi connectivity index (χ0v) is 18.4. The Hall–Kier alpha value is -2.12. The molecule has 0 aromatic heterocycles. The number of benzene rings is 2. The Bertz CT molecular complexity index is 901. The number of nitrogens with zero attached hydrogens (tertiary/aromatic N) is 1. The van der Waals surface area contributed by atoms with Crippen molar-refractivity contribution >= 4 is 23.2 Å². The molecule has 2 aromatic carbocycles. The fourth-order valence-electron chi connectivity index (χ4n) is 4.27. The third kappa shape index (κ3) is 6.20. The van der Waals surface area contributed by atoms with Gasteiger partial charge in [0.15, 0.2) is 0 Å². The van der Waals surface area contributed by atoms with Gasteiger partial charge in [0.25, 0.3) is 5.91 Å². The van der Waals surface area contributed by atoms with E-state index in [0.29, 0.717) is 23.2 Å². The van der Waals surface area contributed by atoms with Crippen molar-refractivity contribution in [2.75, 3.05) is 38.2 Å². The van der Waals surface area contributed by atoms with Crippen LogP contribution in [-0.4, -0.2) is 60.9 Å². The van der Waals surface area contributed by atoms with Gasteiger partial charge in [-0.2, -0.15) is 0 Å². The summed E-state index contributed by atoms with van der Waals surface area (Å²) in [5, 5.41) is 17.3. The van der Waals surface area contributed by atoms with Gasteiger partial charge < -0.3 is 20.5 Å². The van der Waals surface area contributed by atoms with Gasteiger partial charge in [0.05, 0.1) is 6.10 Å². The molecular formula is C24H30ClN3O3. The van der Waals surface area contributed by atoms with Crippen LogP contribution in [0.2, 0.25) is 5.02 Å². The number of aliphatic hydroxyl groups excluding tert-OH is 1. The van der Waals surface area contributed by atoms with Gasteiger partial charge in [-0.3, -0.25) is 9.69 Å². The zero-order chi connectivity index (χ0) is 21.6. The highest BCUT2D eigenvalue weighted by Gasteiger charge is 2.19. The summed E-state index contributed by atoms with van der Waals surface area (Å²) in [6.07, 6.45) is 2.22. The molecule has 166 valence electrons. The molecule has 1 amide bonds. The zero-order valence-electron chi connectivity index (χ0n) is 17.6. The number of aliphatic hydroxyl groups is 1. The lowest BCUT2D eigenvalue weighted by atomic mass is 10.00. The van der Waals surface area contributed by atoms with E-state index < -0.39 is 6.10 Å². The Morgan fingerprint density at radius 1 is 1.19 bits per heavy atom. The summed E-state index contributed by atoms with van der Waals surface area (Å²) >= 11 is 6.24. The van der Waals surface area contributed by atoms with Crippen LogP contribution in [0.25, 0.3) is 0 Å². The Balaban J connectivity index is 1.28. The first-order valence-electron chi connectivity index (χ1n) is 11.0. The van der Waals surface area contributed by atoms with E-state index in [4.69, 9.17) is 16.3 Å². The van der Waals surface area contributed by atoms with Crippen LogP contribution in [0.3, 0.4) is 0 Å². The molecule has 1 fully saturated rings. The number of amides is 1. The Morgan fingerprint density at radius 2 is 1.97 bits per heavy atom.